The third-order valence-corrected chi connectivity index (χ3v) is 2.20. The molecule has 0 saturated heterocycles. The van der Waals surface area contributed by atoms with Gasteiger partial charge in [0.2, 0.25) is 0 Å². The molecule has 94 valence electrons. The van der Waals surface area contributed by atoms with Crippen molar-refractivity contribution in [1.29, 1.82) is 0 Å². The third-order valence-electron chi connectivity index (χ3n) is 2.20. The van der Waals surface area contributed by atoms with Crippen molar-refractivity contribution in [3.63, 3.8) is 0 Å². The van der Waals surface area contributed by atoms with Gasteiger partial charge in [-0.05, 0) is 38.2 Å². The molecular weight excluding hydrogens is 222 g/mol. The molecule has 0 aromatic heterocycles. The second kappa shape index (κ2) is 6.75. The van der Waals surface area contributed by atoms with Crippen LogP contribution in [0.5, 0.6) is 11.5 Å². The first-order valence-electron chi connectivity index (χ1n) is 5.43. The van der Waals surface area contributed by atoms with Gasteiger partial charge in [0.05, 0.1) is 6.61 Å². The molecule has 0 spiro atoms. The zero-order valence-electron chi connectivity index (χ0n) is 9.97. The van der Waals surface area contributed by atoms with Crippen LogP contribution < -0.4 is 14.8 Å². The molecule has 0 bridgehead atoms. The molecule has 2 N–H and O–H groups in total. The lowest BCUT2D eigenvalue weighted by Crippen LogP contribution is -2.39. The fourth-order valence-electron chi connectivity index (χ4n) is 1.26. The van der Waals surface area contributed by atoms with Gasteiger partial charge >= 0.3 is 5.97 Å². The van der Waals surface area contributed by atoms with Crippen molar-refractivity contribution in [2.24, 2.45) is 0 Å². The Morgan fingerprint density at radius 3 is 2.24 bits per heavy atom. The van der Waals surface area contributed by atoms with Crippen LogP contribution in [-0.2, 0) is 4.79 Å². The van der Waals surface area contributed by atoms with Crippen LogP contribution in [0.4, 0.5) is 0 Å². The van der Waals surface area contributed by atoms with Crippen molar-refractivity contribution in [2.75, 3.05) is 20.3 Å². The number of likely N-dealkylation sites (N-methyl/N-ethyl adjacent to an activating group) is 1. The van der Waals surface area contributed by atoms with Crippen molar-refractivity contribution in [3.8, 4) is 11.5 Å². The number of carboxylic acids is 1. The molecule has 5 heteroatoms. The Bertz CT molecular complexity index is 350. The summed E-state index contributed by atoms with van der Waals surface area (Å²) < 4.78 is 10.6. The van der Waals surface area contributed by atoms with Gasteiger partial charge in [0, 0.05) is 0 Å². The van der Waals surface area contributed by atoms with Crippen LogP contribution in [0.25, 0.3) is 0 Å². The summed E-state index contributed by atoms with van der Waals surface area (Å²) in [5.41, 5.74) is 0. The summed E-state index contributed by atoms with van der Waals surface area (Å²) in [5.74, 6) is 0.455. The Morgan fingerprint density at radius 1 is 1.29 bits per heavy atom. The molecule has 1 aromatic carbocycles. The second-order valence-corrected chi connectivity index (χ2v) is 3.39. The van der Waals surface area contributed by atoms with Crippen molar-refractivity contribution in [2.45, 2.75) is 13.0 Å². The molecule has 1 rings (SSSR count). The van der Waals surface area contributed by atoms with Crippen molar-refractivity contribution in [3.05, 3.63) is 24.3 Å². The number of carbonyl (C=O) groups is 1. The Morgan fingerprint density at radius 2 is 1.82 bits per heavy atom. The number of hydrogen-bond acceptors (Lipinski definition) is 4. The standard InChI is InChI=1S/C12H17NO4/c1-3-16-9-4-6-10(7-5-9)17-8-11(13-2)12(14)15/h4-7,11,13H,3,8H2,1-2H3,(H,14,15). The fourth-order valence-corrected chi connectivity index (χ4v) is 1.26. The predicted molar refractivity (Wildman–Crippen MR) is 63.6 cm³/mol. The molecule has 0 saturated carbocycles. The molecule has 0 heterocycles. The number of carboxylic acid groups (broad SMARTS) is 1. The maximum Gasteiger partial charge on any atom is 0.324 e. The Hall–Kier alpha value is -1.75. The van der Waals surface area contributed by atoms with Gasteiger partial charge in [-0.3, -0.25) is 4.79 Å². The number of benzene rings is 1. The summed E-state index contributed by atoms with van der Waals surface area (Å²) in [6.45, 7) is 2.61. The third kappa shape index (κ3) is 4.32. The van der Waals surface area contributed by atoms with Crippen LogP contribution in [0.1, 0.15) is 6.92 Å². The number of nitrogens with one attached hydrogen (secondary N) is 1. The quantitative estimate of drug-likeness (QED) is 0.746. The largest absolute Gasteiger partial charge is 0.494 e. The first-order chi connectivity index (χ1) is 8.17. The summed E-state index contributed by atoms with van der Waals surface area (Å²) in [6.07, 6.45) is 0. The molecule has 0 aliphatic heterocycles. The monoisotopic (exact) mass is 239 g/mol. The van der Waals surface area contributed by atoms with Gasteiger partial charge in [-0.25, -0.2) is 0 Å². The van der Waals surface area contributed by atoms with Gasteiger partial charge in [0.25, 0.3) is 0 Å². The average Bonchev–Trinajstić information content (AvgIpc) is 2.32. The van der Waals surface area contributed by atoms with E-state index < -0.39 is 12.0 Å². The number of aliphatic carboxylic acids is 1. The molecule has 0 radical (unpaired) electrons. The normalized spacial score (nSPS) is 11.9. The molecule has 17 heavy (non-hydrogen) atoms. The highest BCUT2D eigenvalue weighted by Crippen LogP contribution is 2.17. The van der Waals surface area contributed by atoms with Gasteiger partial charge in [-0.15, -0.1) is 0 Å². The average molecular weight is 239 g/mol. The highest BCUT2D eigenvalue weighted by Gasteiger charge is 2.15. The van der Waals surface area contributed by atoms with E-state index in [1.54, 1.807) is 31.3 Å². The number of rotatable bonds is 7. The van der Waals surface area contributed by atoms with Crippen molar-refractivity contribution >= 4 is 5.97 Å². The van der Waals surface area contributed by atoms with Gasteiger partial charge in [-0.2, -0.15) is 0 Å². The van der Waals surface area contributed by atoms with Crippen LogP contribution in [0.3, 0.4) is 0 Å². The minimum atomic E-state index is -0.932. The summed E-state index contributed by atoms with van der Waals surface area (Å²) in [5, 5.41) is 11.5. The lowest BCUT2D eigenvalue weighted by atomic mass is 10.3. The van der Waals surface area contributed by atoms with Crippen LogP contribution in [0.2, 0.25) is 0 Å². The van der Waals surface area contributed by atoms with Crippen LogP contribution >= 0.6 is 0 Å². The molecule has 0 aliphatic carbocycles. The molecule has 0 amide bonds. The summed E-state index contributed by atoms with van der Waals surface area (Å²) >= 11 is 0. The number of ether oxygens (including phenoxy) is 2. The highest BCUT2D eigenvalue weighted by atomic mass is 16.5. The van der Waals surface area contributed by atoms with E-state index in [0.29, 0.717) is 12.4 Å². The second-order valence-electron chi connectivity index (χ2n) is 3.39. The molecule has 0 fully saturated rings. The molecular formula is C12H17NO4. The lowest BCUT2D eigenvalue weighted by molar-refractivity contribution is -0.140. The summed E-state index contributed by atoms with van der Waals surface area (Å²) in [4.78, 5) is 10.7. The van der Waals surface area contributed by atoms with Crippen molar-refractivity contribution in [1.82, 2.24) is 5.32 Å². The van der Waals surface area contributed by atoms with E-state index in [1.807, 2.05) is 6.92 Å². The molecule has 1 aromatic rings. The Balaban J connectivity index is 2.49. The van der Waals surface area contributed by atoms with E-state index in [1.165, 1.54) is 0 Å². The molecule has 1 atom stereocenters. The minimum Gasteiger partial charge on any atom is -0.494 e. The number of hydrogen-bond donors (Lipinski definition) is 2. The van der Waals surface area contributed by atoms with E-state index in [4.69, 9.17) is 14.6 Å². The Labute approximate surface area is 100 Å². The van der Waals surface area contributed by atoms with E-state index in [0.717, 1.165) is 5.75 Å². The maximum absolute atomic E-state index is 10.7. The Kier molecular flexibility index (Phi) is 5.29. The zero-order valence-corrected chi connectivity index (χ0v) is 9.97. The first kappa shape index (κ1) is 13.3. The van der Waals surface area contributed by atoms with E-state index in [-0.39, 0.29) is 6.61 Å². The lowest BCUT2D eigenvalue weighted by Gasteiger charge is -2.13. The van der Waals surface area contributed by atoms with Crippen LogP contribution in [0, 0.1) is 0 Å². The first-order valence-corrected chi connectivity index (χ1v) is 5.43. The smallest absolute Gasteiger partial charge is 0.324 e. The molecule has 5 nitrogen and oxygen atoms in total. The molecule has 1 unspecified atom stereocenters. The summed E-state index contributed by atoms with van der Waals surface area (Å²) in [6, 6.07) is 6.36. The van der Waals surface area contributed by atoms with Crippen molar-refractivity contribution < 1.29 is 19.4 Å². The summed E-state index contributed by atoms with van der Waals surface area (Å²) in [7, 11) is 1.58. The minimum absolute atomic E-state index is 0.0831. The highest BCUT2D eigenvalue weighted by molar-refractivity contribution is 5.73. The van der Waals surface area contributed by atoms with E-state index in [2.05, 4.69) is 5.32 Å². The predicted octanol–water partition coefficient (Wildman–Crippen LogP) is 1.14. The SMILES string of the molecule is CCOc1ccc(OCC(NC)C(=O)O)cc1. The van der Waals surface area contributed by atoms with Gasteiger partial charge in [-0.1, -0.05) is 0 Å². The van der Waals surface area contributed by atoms with Gasteiger partial charge < -0.3 is 19.9 Å². The zero-order chi connectivity index (χ0) is 12.7. The van der Waals surface area contributed by atoms with Gasteiger partial charge in [0.1, 0.15) is 24.1 Å². The maximum atomic E-state index is 10.7. The fraction of sp³-hybridized carbons (Fsp3) is 0.417. The van der Waals surface area contributed by atoms with E-state index in [9.17, 15) is 4.79 Å². The van der Waals surface area contributed by atoms with E-state index >= 15 is 0 Å². The van der Waals surface area contributed by atoms with Crippen LogP contribution in [-0.4, -0.2) is 37.4 Å². The molecule has 0 aliphatic rings. The van der Waals surface area contributed by atoms with Gasteiger partial charge in [0.15, 0.2) is 0 Å². The topological polar surface area (TPSA) is 67.8 Å². The van der Waals surface area contributed by atoms with Crippen LogP contribution in [0.15, 0.2) is 24.3 Å².